The van der Waals surface area contributed by atoms with Crippen molar-refractivity contribution in [1.82, 2.24) is 15.0 Å². The Labute approximate surface area is 148 Å². The Morgan fingerprint density at radius 3 is 2.44 bits per heavy atom. The predicted octanol–water partition coefficient (Wildman–Crippen LogP) is 4.40. The lowest BCUT2D eigenvalue weighted by atomic mass is 9.92. The Hall–Kier alpha value is -2.75. The fraction of sp³-hybridized carbons (Fsp3) is 0.286. The number of hydrogen-bond donors (Lipinski definition) is 0. The van der Waals surface area contributed by atoms with E-state index in [0.717, 1.165) is 47.1 Å². The third-order valence-corrected chi connectivity index (χ3v) is 4.66. The highest BCUT2D eigenvalue weighted by molar-refractivity contribution is 5.68. The van der Waals surface area contributed by atoms with E-state index < -0.39 is 0 Å². The van der Waals surface area contributed by atoms with E-state index in [9.17, 15) is 0 Å². The average molecular weight is 331 g/mol. The van der Waals surface area contributed by atoms with Crippen LogP contribution in [-0.2, 0) is 12.8 Å². The van der Waals surface area contributed by atoms with Crippen molar-refractivity contribution in [1.29, 1.82) is 0 Å². The van der Waals surface area contributed by atoms with Gasteiger partial charge in [0.25, 0.3) is 0 Å². The quantitative estimate of drug-likeness (QED) is 0.713. The molecule has 0 bridgehead atoms. The lowest BCUT2D eigenvalue weighted by Crippen LogP contribution is -2.11. The lowest BCUT2D eigenvalue weighted by Gasteiger charge is -2.19. The minimum Gasteiger partial charge on any atom is -0.497 e. The maximum Gasteiger partial charge on any atom is 0.178 e. The first-order valence-electron chi connectivity index (χ1n) is 8.73. The van der Waals surface area contributed by atoms with Crippen LogP contribution in [0.2, 0.25) is 0 Å². The van der Waals surface area contributed by atoms with Gasteiger partial charge in [-0.2, -0.15) is 0 Å². The molecule has 4 heteroatoms. The van der Waals surface area contributed by atoms with E-state index in [1.54, 1.807) is 7.11 Å². The maximum absolute atomic E-state index is 5.28. The SMILES string of the molecule is COc1ccc(-c2nc(-c3cccc(C)n3)nc3c2CCCC3)cc1. The zero-order valence-electron chi connectivity index (χ0n) is 14.6. The molecule has 2 aromatic heterocycles. The van der Waals surface area contributed by atoms with Crippen LogP contribution in [0.3, 0.4) is 0 Å². The fourth-order valence-corrected chi connectivity index (χ4v) is 3.36. The van der Waals surface area contributed by atoms with Gasteiger partial charge in [-0.3, -0.25) is 0 Å². The lowest BCUT2D eigenvalue weighted by molar-refractivity contribution is 0.415. The van der Waals surface area contributed by atoms with E-state index in [2.05, 4.69) is 17.1 Å². The molecule has 0 fully saturated rings. The predicted molar refractivity (Wildman–Crippen MR) is 98.6 cm³/mol. The van der Waals surface area contributed by atoms with Gasteiger partial charge in [0.15, 0.2) is 5.82 Å². The van der Waals surface area contributed by atoms with Crippen LogP contribution in [0.4, 0.5) is 0 Å². The number of aryl methyl sites for hydroxylation is 2. The highest BCUT2D eigenvalue weighted by atomic mass is 16.5. The van der Waals surface area contributed by atoms with Crippen molar-refractivity contribution in [2.75, 3.05) is 7.11 Å². The molecule has 126 valence electrons. The third-order valence-electron chi connectivity index (χ3n) is 4.66. The summed E-state index contributed by atoms with van der Waals surface area (Å²) in [4.78, 5) is 14.4. The number of ether oxygens (including phenoxy) is 1. The molecule has 2 heterocycles. The zero-order chi connectivity index (χ0) is 17.2. The van der Waals surface area contributed by atoms with Crippen LogP contribution in [0.25, 0.3) is 22.8 Å². The fourth-order valence-electron chi connectivity index (χ4n) is 3.36. The molecule has 0 radical (unpaired) electrons. The van der Waals surface area contributed by atoms with E-state index in [0.29, 0.717) is 0 Å². The van der Waals surface area contributed by atoms with Crippen LogP contribution in [0.15, 0.2) is 42.5 Å². The first kappa shape index (κ1) is 15.8. The van der Waals surface area contributed by atoms with Crippen molar-refractivity contribution in [3.05, 3.63) is 59.4 Å². The summed E-state index contributed by atoms with van der Waals surface area (Å²) in [5, 5.41) is 0. The number of fused-ring (bicyclic) bond motifs is 1. The molecule has 0 atom stereocenters. The van der Waals surface area contributed by atoms with Crippen molar-refractivity contribution in [3.63, 3.8) is 0 Å². The van der Waals surface area contributed by atoms with Crippen molar-refractivity contribution < 1.29 is 4.74 Å². The number of hydrogen-bond acceptors (Lipinski definition) is 4. The second-order valence-corrected chi connectivity index (χ2v) is 6.42. The average Bonchev–Trinajstić information content (AvgIpc) is 2.67. The minimum absolute atomic E-state index is 0.718. The van der Waals surface area contributed by atoms with Crippen LogP contribution in [0.1, 0.15) is 29.8 Å². The summed E-state index contributed by atoms with van der Waals surface area (Å²) >= 11 is 0. The molecule has 4 rings (SSSR count). The van der Waals surface area contributed by atoms with Crippen molar-refractivity contribution in [2.24, 2.45) is 0 Å². The third kappa shape index (κ3) is 3.12. The van der Waals surface area contributed by atoms with Gasteiger partial charge in [0.1, 0.15) is 11.4 Å². The Kier molecular flexibility index (Phi) is 4.18. The van der Waals surface area contributed by atoms with Crippen LogP contribution in [-0.4, -0.2) is 22.1 Å². The summed E-state index contributed by atoms with van der Waals surface area (Å²) < 4.78 is 5.28. The molecule has 0 saturated carbocycles. The van der Waals surface area contributed by atoms with Crippen LogP contribution >= 0.6 is 0 Å². The number of aromatic nitrogens is 3. The maximum atomic E-state index is 5.28. The van der Waals surface area contributed by atoms with Gasteiger partial charge in [-0.05, 0) is 69.0 Å². The highest BCUT2D eigenvalue weighted by Crippen LogP contribution is 2.32. The normalized spacial score (nSPS) is 13.4. The van der Waals surface area contributed by atoms with Gasteiger partial charge in [-0.15, -0.1) is 0 Å². The number of rotatable bonds is 3. The van der Waals surface area contributed by atoms with E-state index in [1.165, 1.54) is 24.1 Å². The Bertz CT molecular complexity index is 904. The zero-order valence-corrected chi connectivity index (χ0v) is 14.6. The second-order valence-electron chi connectivity index (χ2n) is 6.42. The molecule has 0 spiro atoms. The van der Waals surface area contributed by atoms with Gasteiger partial charge in [0, 0.05) is 22.5 Å². The van der Waals surface area contributed by atoms with Gasteiger partial charge >= 0.3 is 0 Å². The van der Waals surface area contributed by atoms with Crippen LogP contribution < -0.4 is 4.74 Å². The molecular weight excluding hydrogens is 310 g/mol. The van der Waals surface area contributed by atoms with Crippen molar-refractivity contribution in [2.45, 2.75) is 32.6 Å². The molecular formula is C21H21N3O. The summed E-state index contributed by atoms with van der Waals surface area (Å²) in [7, 11) is 1.68. The number of methoxy groups -OCH3 is 1. The smallest absolute Gasteiger partial charge is 0.178 e. The summed E-state index contributed by atoms with van der Waals surface area (Å²) in [6, 6.07) is 14.1. The summed E-state index contributed by atoms with van der Waals surface area (Å²) in [5.74, 6) is 1.57. The molecule has 25 heavy (non-hydrogen) atoms. The van der Waals surface area contributed by atoms with E-state index in [4.69, 9.17) is 14.7 Å². The Morgan fingerprint density at radius 1 is 0.880 bits per heavy atom. The van der Waals surface area contributed by atoms with Gasteiger partial charge in [-0.25, -0.2) is 15.0 Å². The molecule has 0 N–H and O–H groups in total. The van der Waals surface area contributed by atoms with Gasteiger partial charge < -0.3 is 4.74 Å². The van der Waals surface area contributed by atoms with E-state index >= 15 is 0 Å². The molecule has 0 unspecified atom stereocenters. The molecule has 1 aliphatic carbocycles. The minimum atomic E-state index is 0.718. The van der Waals surface area contributed by atoms with Crippen LogP contribution in [0.5, 0.6) is 5.75 Å². The second kappa shape index (κ2) is 6.63. The molecule has 0 aliphatic heterocycles. The Morgan fingerprint density at radius 2 is 1.68 bits per heavy atom. The van der Waals surface area contributed by atoms with Crippen LogP contribution in [0, 0.1) is 6.92 Å². The van der Waals surface area contributed by atoms with Gasteiger partial charge in [0.05, 0.1) is 12.8 Å². The molecule has 1 aromatic carbocycles. The first-order valence-corrected chi connectivity index (χ1v) is 8.73. The number of benzene rings is 1. The topological polar surface area (TPSA) is 47.9 Å². The molecule has 4 nitrogen and oxygen atoms in total. The highest BCUT2D eigenvalue weighted by Gasteiger charge is 2.20. The van der Waals surface area contributed by atoms with Gasteiger partial charge in [-0.1, -0.05) is 6.07 Å². The summed E-state index contributed by atoms with van der Waals surface area (Å²) in [5.41, 5.74) is 6.41. The van der Waals surface area contributed by atoms with Crippen molar-refractivity contribution in [3.8, 4) is 28.5 Å². The molecule has 0 amide bonds. The molecule has 1 aliphatic rings. The first-order chi connectivity index (χ1) is 12.2. The molecule has 0 saturated heterocycles. The standard InChI is InChI=1S/C21H21N3O/c1-14-6-5-9-19(22-14)21-23-18-8-4-3-7-17(18)20(24-21)15-10-12-16(25-2)13-11-15/h5-6,9-13H,3-4,7-8H2,1-2H3. The van der Waals surface area contributed by atoms with Crippen molar-refractivity contribution >= 4 is 0 Å². The van der Waals surface area contributed by atoms with E-state index in [-0.39, 0.29) is 0 Å². The monoisotopic (exact) mass is 331 g/mol. The summed E-state index contributed by atoms with van der Waals surface area (Å²) in [6.07, 6.45) is 4.44. The van der Waals surface area contributed by atoms with Gasteiger partial charge in [0.2, 0.25) is 0 Å². The van der Waals surface area contributed by atoms with E-state index in [1.807, 2.05) is 37.3 Å². The number of nitrogens with zero attached hydrogens (tertiary/aromatic N) is 3. The number of pyridine rings is 1. The summed E-state index contributed by atoms with van der Waals surface area (Å²) in [6.45, 7) is 1.99. The Balaban J connectivity index is 1.87. The molecule has 3 aromatic rings. The largest absolute Gasteiger partial charge is 0.497 e.